The fourth-order valence-corrected chi connectivity index (χ4v) is 2.51. The molecule has 0 aliphatic heterocycles. The molecule has 102 valence electrons. The zero-order valence-electron chi connectivity index (χ0n) is 11.4. The zero-order valence-corrected chi connectivity index (χ0v) is 11.4. The Morgan fingerprint density at radius 3 is 2.37 bits per heavy atom. The highest BCUT2D eigenvalue weighted by atomic mass is 16.1. The van der Waals surface area contributed by atoms with Crippen LogP contribution in [0.25, 0.3) is 6.08 Å². The third-order valence-corrected chi connectivity index (χ3v) is 3.71. The Balaban J connectivity index is 1.77. The van der Waals surface area contributed by atoms with E-state index in [1.54, 1.807) is 6.08 Å². The zero-order chi connectivity index (χ0) is 13.5. The molecule has 1 fully saturated rings. The van der Waals surface area contributed by atoms with E-state index in [0.29, 0.717) is 12.1 Å². The van der Waals surface area contributed by atoms with Crippen molar-refractivity contribution in [2.24, 2.45) is 0 Å². The van der Waals surface area contributed by atoms with Gasteiger partial charge in [-0.3, -0.25) is 4.79 Å². The minimum absolute atomic E-state index is 0.0109. The molecule has 1 aliphatic rings. The predicted octanol–water partition coefficient (Wildman–Crippen LogP) is 2.35. The van der Waals surface area contributed by atoms with E-state index in [1.807, 2.05) is 43.5 Å². The second-order valence-electron chi connectivity index (χ2n) is 5.09. The summed E-state index contributed by atoms with van der Waals surface area (Å²) in [5.74, 6) is 0.0109. The summed E-state index contributed by atoms with van der Waals surface area (Å²) in [7, 11) is 2.01. The maximum atomic E-state index is 11.8. The van der Waals surface area contributed by atoms with E-state index >= 15 is 0 Å². The minimum atomic E-state index is 0.0109. The molecule has 0 atom stereocenters. The van der Waals surface area contributed by atoms with Crippen molar-refractivity contribution in [2.75, 3.05) is 7.05 Å². The first-order valence-corrected chi connectivity index (χ1v) is 6.99. The number of nitrogens with one attached hydrogen (secondary N) is 2. The van der Waals surface area contributed by atoms with Crippen molar-refractivity contribution < 1.29 is 4.79 Å². The van der Waals surface area contributed by atoms with Crippen LogP contribution in [0.15, 0.2) is 36.4 Å². The first kappa shape index (κ1) is 13.8. The average molecular weight is 258 g/mol. The smallest absolute Gasteiger partial charge is 0.244 e. The highest BCUT2D eigenvalue weighted by Crippen LogP contribution is 2.18. The quantitative estimate of drug-likeness (QED) is 0.814. The first-order valence-electron chi connectivity index (χ1n) is 6.99. The molecule has 1 aromatic rings. The summed E-state index contributed by atoms with van der Waals surface area (Å²) < 4.78 is 0. The van der Waals surface area contributed by atoms with Crippen LogP contribution in [0.3, 0.4) is 0 Å². The van der Waals surface area contributed by atoms with Gasteiger partial charge >= 0.3 is 0 Å². The molecule has 0 radical (unpaired) electrons. The second-order valence-corrected chi connectivity index (χ2v) is 5.09. The summed E-state index contributed by atoms with van der Waals surface area (Å²) >= 11 is 0. The molecule has 0 heterocycles. The molecule has 0 unspecified atom stereocenters. The Bertz CT molecular complexity index is 420. The standard InChI is InChI=1S/C16H22N2O/c1-17-14-8-10-15(11-9-14)18-16(19)12-7-13-5-3-2-4-6-13/h2-7,12,14-15,17H,8-11H2,1H3,(H,18,19). The molecule has 2 N–H and O–H groups in total. The Labute approximate surface area is 115 Å². The highest BCUT2D eigenvalue weighted by Gasteiger charge is 2.20. The van der Waals surface area contributed by atoms with Crippen LogP contribution < -0.4 is 10.6 Å². The molecule has 1 aromatic carbocycles. The van der Waals surface area contributed by atoms with Crippen LogP contribution in [-0.2, 0) is 4.79 Å². The molecule has 3 nitrogen and oxygen atoms in total. The largest absolute Gasteiger partial charge is 0.350 e. The molecule has 1 aliphatic carbocycles. The van der Waals surface area contributed by atoms with Gasteiger partial charge in [0.15, 0.2) is 0 Å². The molecule has 0 spiro atoms. The van der Waals surface area contributed by atoms with Gasteiger partial charge in [0.25, 0.3) is 0 Å². The highest BCUT2D eigenvalue weighted by molar-refractivity contribution is 5.91. The fraction of sp³-hybridized carbons (Fsp3) is 0.438. The van der Waals surface area contributed by atoms with Gasteiger partial charge in [-0.15, -0.1) is 0 Å². The van der Waals surface area contributed by atoms with Crippen LogP contribution in [0, 0.1) is 0 Å². The number of benzene rings is 1. The van der Waals surface area contributed by atoms with Crippen molar-refractivity contribution in [1.82, 2.24) is 10.6 Å². The van der Waals surface area contributed by atoms with Crippen molar-refractivity contribution in [2.45, 2.75) is 37.8 Å². The molecule has 19 heavy (non-hydrogen) atoms. The van der Waals surface area contributed by atoms with Crippen LogP contribution >= 0.6 is 0 Å². The summed E-state index contributed by atoms with van der Waals surface area (Å²) in [6, 6.07) is 10.8. The lowest BCUT2D eigenvalue weighted by atomic mass is 9.91. The molecular weight excluding hydrogens is 236 g/mol. The van der Waals surface area contributed by atoms with Crippen molar-refractivity contribution in [3.63, 3.8) is 0 Å². The normalized spacial score (nSPS) is 23.4. The van der Waals surface area contributed by atoms with Crippen molar-refractivity contribution in [3.8, 4) is 0 Å². The van der Waals surface area contributed by atoms with E-state index in [-0.39, 0.29) is 5.91 Å². The molecule has 0 aromatic heterocycles. The van der Waals surface area contributed by atoms with Gasteiger partial charge in [-0.05, 0) is 44.4 Å². The number of hydrogen-bond donors (Lipinski definition) is 2. The van der Waals surface area contributed by atoms with E-state index in [2.05, 4.69) is 10.6 Å². The summed E-state index contributed by atoms with van der Waals surface area (Å²) in [5, 5.41) is 6.38. The lowest BCUT2D eigenvalue weighted by Gasteiger charge is -2.28. The molecule has 1 amide bonds. The maximum absolute atomic E-state index is 11.8. The topological polar surface area (TPSA) is 41.1 Å². The minimum Gasteiger partial charge on any atom is -0.350 e. The van der Waals surface area contributed by atoms with Gasteiger partial charge in [0, 0.05) is 18.2 Å². The van der Waals surface area contributed by atoms with Crippen molar-refractivity contribution in [3.05, 3.63) is 42.0 Å². The Morgan fingerprint density at radius 1 is 1.11 bits per heavy atom. The SMILES string of the molecule is CNC1CCC(NC(=O)C=Cc2ccccc2)CC1. The van der Waals surface area contributed by atoms with E-state index in [0.717, 1.165) is 31.2 Å². The number of carbonyl (C=O) groups is 1. The van der Waals surface area contributed by atoms with Gasteiger partial charge in [-0.25, -0.2) is 0 Å². The van der Waals surface area contributed by atoms with Gasteiger partial charge in [0.05, 0.1) is 0 Å². The van der Waals surface area contributed by atoms with E-state index in [9.17, 15) is 4.79 Å². The number of amides is 1. The van der Waals surface area contributed by atoms with E-state index in [4.69, 9.17) is 0 Å². The van der Waals surface area contributed by atoms with Gasteiger partial charge < -0.3 is 10.6 Å². The van der Waals surface area contributed by atoms with Crippen molar-refractivity contribution in [1.29, 1.82) is 0 Å². The molecule has 3 heteroatoms. The number of rotatable bonds is 4. The molecule has 2 rings (SSSR count). The van der Waals surface area contributed by atoms with Gasteiger partial charge in [-0.1, -0.05) is 30.3 Å². The number of carbonyl (C=O) groups excluding carboxylic acids is 1. The van der Waals surface area contributed by atoms with Crippen LogP contribution in [0.5, 0.6) is 0 Å². The Morgan fingerprint density at radius 2 is 1.74 bits per heavy atom. The summed E-state index contributed by atoms with van der Waals surface area (Å²) in [4.78, 5) is 11.8. The van der Waals surface area contributed by atoms with Crippen molar-refractivity contribution >= 4 is 12.0 Å². The summed E-state index contributed by atoms with van der Waals surface area (Å²) in [6.07, 6.45) is 7.90. The molecule has 0 saturated heterocycles. The first-order chi connectivity index (χ1) is 9.28. The second kappa shape index (κ2) is 7.10. The lowest BCUT2D eigenvalue weighted by Crippen LogP contribution is -2.40. The summed E-state index contributed by atoms with van der Waals surface area (Å²) in [5.41, 5.74) is 1.05. The average Bonchev–Trinajstić information content (AvgIpc) is 2.47. The Hall–Kier alpha value is -1.61. The fourth-order valence-electron chi connectivity index (χ4n) is 2.51. The van der Waals surface area contributed by atoms with Crippen LogP contribution in [0.2, 0.25) is 0 Å². The lowest BCUT2D eigenvalue weighted by molar-refractivity contribution is -0.117. The molecule has 1 saturated carbocycles. The third-order valence-electron chi connectivity index (χ3n) is 3.71. The van der Waals surface area contributed by atoms with Gasteiger partial charge in [0.2, 0.25) is 5.91 Å². The van der Waals surface area contributed by atoms with Gasteiger partial charge in [0.1, 0.15) is 0 Å². The van der Waals surface area contributed by atoms with Gasteiger partial charge in [-0.2, -0.15) is 0 Å². The predicted molar refractivity (Wildman–Crippen MR) is 78.7 cm³/mol. The Kier molecular flexibility index (Phi) is 5.16. The summed E-state index contributed by atoms with van der Waals surface area (Å²) in [6.45, 7) is 0. The number of hydrogen-bond acceptors (Lipinski definition) is 2. The van der Waals surface area contributed by atoms with Crippen LogP contribution in [-0.4, -0.2) is 25.0 Å². The van der Waals surface area contributed by atoms with Crippen LogP contribution in [0.1, 0.15) is 31.2 Å². The molecule has 0 bridgehead atoms. The third kappa shape index (κ3) is 4.52. The monoisotopic (exact) mass is 258 g/mol. The van der Waals surface area contributed by atoms with E-state index < -0.39 is 0 Å². The van der Waals surface area contributed by atoms with E-state index in [1.165, 1.54) is 0 Å². The molecular formula is C16H22N2O. The maximum Gasteiger partial charge on any atom is 0.244 e. The van der Waals surface area contributed by atoms with Crippen LogP contribution in [0.4, 0.5) is 0 Å².